The summed E-state index contributed by atoms with van der Waals surface area (Å²) in [6.07, 6.45) is 0. The van der Waals surface area contributed by atoms with Crippen LogP contribution in [0.2, 0.25) is 5.02 Å². The average molecular weight is 283 g/mol. The average Bonchev–Trinajstić information content (AvgIpc) is 2.82. The second-order valence-electron chi connectivity index (χ2n) is 3.51. The molecule has 0 radical (unpaired) electrons. The monoisotopic (exact) mass is 282 g/mol. The number of carbonyl (C=O) groups excluding carboxylic acids is 1. The SMILES string of the molecule is COc1ccsc1C(=O)Nc1cc(N)ccc1Cl. The van der Waals surface area contributed by atoms with Gasteiger partial charge in [-0.3, -0.25) is 4.79 Å². The molecule has 0 unspecified atom stereocenters. The number of nitrogen functional groups attached to an aromatic ring is 1. The molecule has 1 amide bonds. The maximum Gasteiger partial charge on any atom is 0.269 e. The van der Waals surface area contributed by atoms with Gasteiger partial charge in [0, 0.05) is 5.69 Å². The first-order valence-corrected chi connectivity index (χ1v) is 6.35. The summed E-state index contributed by atoms with van der Waals surface area (Å²) in [6.45, 7) is 0. The molecule has 2 rings (SSSR count). The van der Waals surface area contributed by atoms with Crippen LogP contribution in [0.25, 0.3) is 0 Å². The Morgan fingerprint density at radius 3 is 2.94 bits per heavy atom. The summed E-state index contributed by atoms with van der Waals surface area (Å²) in [5, 5.41) is 4.93. The van der Waals surface area contributed by atoms with Crippen molar-refractivity contribution in [3.8, 4) is 5.75 Å². The fraction of sp³-hybridized carbons (Fsp3) is 0.0833. The Hall–Kier alpha value is -1.72. The van der Waals surface area contributed by atoms with E-state index >= 15 is 0 Å². The molecule has 6 heteroatoms. The summed E-state index contributed by atoms with van der Waals surface area (Å²) in [6, 6.07) is 6.66. The zero-order chi connectivity index (χ0) is 13.1. The molecule has 4 nitrogen and oxygen atoms in total. The highest BCUT2D eigenvalue weighted by atomic mass is 35.5. The minimum atomic E-state index is -0.269. The Morgan fingerprint density at radius 2 is 2.22 bits per heavy atom. The highest BCUT2D eigenvalue weighted by Gasteiger charge is 2.15. The van der Waals surface area contributed by atoms with Crippen molar-refractivity contribution in [3.05, 3.63) is 39.5 Å². The number of ether oxygens (including phenoxy) is 1. The number of methoxy groups -OCH3 is 1. The van der Waals surface area contributed by atoms with Crippen LogP contribution in [0, 0.1) is 0 Å². The summed E-state index contributed by atoms with van der Waals surface area (Å²) in [5.74, 6) is 0.270. The van der Waals surface area contributed by atoms with Crippen LogP contribution in [0.15, 0.2) is 29.6 Å². The maximum atomic E-state index is 12.0. The van der Waals surface area contributed by atoms with E-state index in [0.717, 1.165) is 0 Å². The summed E-state index contributed by atoms with van der Waals surface area (Å²) in [7, 11) is 1.52. The first-order chi connectivity index (χ1) is 8.61. The number of hydrogen-bond acceptors (Lipinski definition) is 4. The first kappa shape index (κ1) is 12.7. The van der Waals surface area contributed by atoms with Gasteiger partial charge in [0.15, 0.2) is 0 Å². The number of thiophene rings is 1. The zero-order valence-corrected chi connectivity index (χ0v) is 11.1. The molecule has 0 bridgehead atoms. The molecule has 2 aromatic rings. The van der Waals surface area contributed by atoms with E-state index in [9.17, 15) is 4.79 Å². The van der Waals surface area contributed by atoms with Crippen LogP contribution in [-0.2, 0) is 0 Å². The van der Waals surface area contributed by atoms with Crippen molar-refractivity contribution in [2.24, 2.45) is 0 Å². The van der Waals surface area contributed by atoms with Crippen LogP contribution in [0.4, 0.5) is 11.4 Å². The number of carbonyl (C=O) groups is 1. The number of rotatable bonds is 3. The third-order valence-corrected chi connectivity index (χ3v) is 3.52. The minimum absolute atomic E-state index is 0.269. The number of anilines is 2. The molecule has 1 heterocycles. The van der Waals surface area contributed by atoms with E-state index in [4.69, 9.17) is 22.1 Å². The molecule has 0 saturated carbocycles. The number of halogens is 1. The summed E-state index contributed by atoms with van der Waals surface area (Å²) in [5.41, 5.74) is 6.66. The van der Waals surface area contributed by atoms with Crippen molar-refractivity contribution in [2.45, 2.75) is 0 Å². The van der Waals surface area contributed by atoms with E-state index in [1.165, 1.54) is 18.4 Å². The molecule has 1 aromatic heterocycles. The molecule has 0 aliphatic rings. The normalized spacial score (nSPS) is 10.1. The van der Waals surface area contributed by atoms with E-state index in [2.05, 4.69) is 5.32 Å². The lowest BCUT2D eigenvalue weighted by molar-refractivity contribution is 0.102. The van der Waals surface area contributed by atoms with Crippen LogP contribution >= 0.6 is 22.9 Å². The van der Waals surface area contributed by atoms with E-state index in [1.807, 2.05) is 0 Å². The lowest BCUT2D eigenvalue weighted by atomic mass is 10.2. The van der Waals surface area contributed by atoms with Gasteiger partial charge in [0.25, 0.3) is 5.91 Å². The second-order valence-corrected chi connectivity index (χ2v) is 4.83. The first-order valence-electron chi connectivity index (χ1n) is 5.09. The van der Waals surface area contributed by atoms with Crippen LogP contribution in [-0.4, -0.2) is 13.0 Å². The Bertz CT molecular complexity index is 583. The van der Waals surface area contributed by atoms with Crippen LogP contribution in [0.3, 0.4) is 0 Å². The zero-order valence-electron chi connectivity index (χ0n) is 9.57. The lowest BCUT2D eigenvalue weighted by Crippen LogP contribution is -2.11. The van der Waals surface area contributed by atoms with E-state index in [-0.39, 0.29) is 5.91 Å². The molecule has 0 saturated heterocycles. The van der Waals surface area contributed by atoms with Crippen molar-refractivity contribution in [2.75, 3.05) is 18.2 Å². The van der Waals surface area contributed by atoms with Gasteiger partial charge >= 0.3 is 0 Å². The molecule has 0 atom stereocenters. The predicted molar refractivity (Wildman–Crippen MR) is 74.7 cm³/mol. The largest absolute Gasteiger partial charge is 0.495 e. The quantitative estimate of drug-likeness (QED) is 0.850. The summed E-state index contributed by atoms with van der Waals surface area (Å²) < 4.78 is 5.09. The van der Waals surface area contributed by atoms with Crippen molar-refractivity contribution < 1.29 is 9.53 Å². The molecule has 1 aromatic carbocycles. The Morgan fingerprint density at radius 1 is 1.44 bits per heavy atom. The van der Waals surface area contributed by atoms with Gasteiger partial charge in [0.1, 0.15) is 10.6 Å². The van der Waals surface area contributed by atoms with Gasteiger partial charge in [-0.05, 0) is 29.6 Å². The highest BCUT2D eigenvalue weighted by Crippen LogP contribution is 2.28. The van der Waals surface area contributed by atoms with Gasteiger partial charge in [-0.25, -0.2) is 0 Å². The fourth-order valence-electron chi connectivity index (χ4n) is 1.44. The molecule has 18 heavy (non-hydrogen) atoms. The smallest absolute Gasteiger partial charge is 0.269 e. The molecule has 94 valence electrons. The van der Waals surface area contributed by atoms with Crippen molar-refractivity contribution in [1.29, 1.82) is 0 Å². The van der Waals surface area contributed by atoms with Crippen LogP contribution < -0.4 is 15.8 Å². The third kappa shape index (κ3) is 2.57. The number of benzene rings is 1. The van der Waals surface area contributed by atoms with Crippen LogP contribution in [0.1, 0.15) is 9.67 Å². The van der Waals surface area contributed by atoms with Crippen LogP contribution in [0.5, 0.6) is 5.75 Å². The van der Waals surface area contributed by atoms with E-state index < -0.39 is 0 Å². The predicted octanol–water partition coefficient (Wildman–Crippen LogP) is 3.24. The number of nitrogens with one attached hydrogen (secondary N) is 1. The molecule has 0 fully saturated rings. The Kier molecular flexibility index (Phi) is 3.74. The molecule has 3 N–H and O–H groups in total. The second kappa shape index (κ2) is 5.29. The molecular formula is C12H11ClN2O2S. The van der Waals surface area contributed by atoms with E-state index in [0.29, 0.717) is 27.0 Å². The number of hydrogen-bond donors (Lipinski definition) is 2. The van der Waals surface area contributed by atoms with Gasteiger partial charge in [0.2, 0.25) is 0 Å². The summed E-state index contributed by atoms with van der Waals surface area (Å²) >= 11 is 7.28. The van der Waals surface area contributed by atoms with Gasteiger partial charge in [-0.1, -0.05) is 11.6 Å². The van der Waals surface area contributed by atoms with Crippen molar-refractivity contribution in [3.63, 3.8) is 0 Å². The summed E-state index contributed by atoms with van der Waals surface area (Å²) in [4.78, 5) is 12.5. The molecular weight excluding hydrogens is 272 g/mol. The number of amides is 1. The third-order valence-electron chi connectivity index (χ3n) is 2.29. The topological polar surface area (TPSA) is 64.3 Å². The highest BCUT2D eigenvalue weighted by molar-refractivity contribution is 7.12. The maximum absolute atomic E-state index is 12.0. The van der Waals surface area contributed by atoms with Gasteiger partial charge in [0.05, 0.1) is 17.8 Å². The van der Waals surface area contributed by atoms with Crippen molar-refractivity contribution >= 4 is 40.2 Å². The lowest BCUT2D eigenvalue weighted by Gasteiger charge is -2.08. The van der Waals surface area contributed by atoms with E-state index in [1.54, 1.807) is 29.6 Å². The van der Waals surface area contributed by atoms with Gasteiger partial charge in [-0.15, -0.1) is 11.3 Å². The molecule has 0 aliphatic heterocycles. The molecule has 0 spiro atoms. The standard InChI is InChI=1S/C12H11ClN2O2S/c1-17-10-4-5-18-11(10)12(16)15-9-6-7(14)2-3-8(9)13/h2-6H,14H2,1H3,(H,15,16). The Labute approximate surface area is 113 Å². The van der Waals surface area contributed by atoms with Gasteiger partial charge < -0.3 is 15.8 Å². The number of nitrogens with two attached hydrogens (primary N) is 1. The minimum Gasteiger partial charge on any atom is -0.495 e. The Balaban J connectivity index is 2.24. The van der Waals surface area contributed by atoms with Crippen molar-refractivity contribution in [1.82, 2.24) is 0 Å². The van der Waals surface area contributed by atoms with Gasteiger partial charge in [-0.2, -0.15) is 0 Å². The molecule has 0 aliphatic carbocycles. The fourth-order valence-corrected chi connectivity index (χ4v) is 2.36.